The predicted octanol–water partition coefficient (Wildman–Crippen LogP) is 2.22. The lowest BCUT2D eigenvalue weighted by Crippen LogP contribution is -2.39. The van der Waals surface area contributed by atoms with E-state index >= 15 is 0 Å². The fourth-order valence-corrected chi connectivity index (χ4v) is 3.24. The van der Waals surface area contributed by atoms with Crippen LogP contribution in [0.15, 0.2) is 36.5 Å². The summed E-state index contributed by atoms with van der Waals surface area (Å²) in [6.45, 7) is 2.24. The molecule has 18 heavy (non-hydrogen) atoms. The van der Waals surface area contributed by atoms with Crippen molar-refractivity contribution >= 4 is 28.6 Å². The summed E-state index contributed by atoms with van der Waals surface area (Å²) in [4.78, 5) is 14.2. The Morgan fingerprint density at radius 2 is 1.94 bits per heavy atom. The monoisotopic (exact) mass is 260 g/mol. The Hall–Kier alpha value is -1.42. The highest BCUT2D eigenvalue weighted by Gasteiger charge is 2.17. The highest BCUT2D eigenvalue weighted by molar-refractivity contribution is 7.99. The molecule has 0 bridgehead atoms. The zero-order valence-electron chi connectivity index (χ0n) is 10.2. The smallest absolute Gasteiger partial charge is 0.242 e. The molecule has 1 aromatic heterocycles. The minimum absolute atomic E-state index is 0.233. The Morgan fingerprint density at radius 3 is 2.78 bits per heavy atom. The molecule has 1 aromatic carbocycles. The van der Waals surface area contributed by atoms with Crippen LogP contribution in [0.25, 0.3) is 10.9 Å². The molecule has 1 amide bonds. The molecule has 3 nitrogen and oxygen atoms in total. The highest BCUT2D eigenvalue weighted by atomic mass is 32.2. The number of hydrogen-bond acceptors (Lipinski definition) is 2. The molecule has 1 saturated heterocycles. The predicted molar refractivity (Wildman–Crippen MR) is 75.8 cm³/mol. The lowest BCUT2D eigenvalue weighted by Gasteiger charge is -2.26. The maximum absolute atomic E-state index is 12.2. The van der Waals surface area contributed by atoms with Gasteiger partial charge in [-0.15, -0.1) is 0 Å². The van der Waals surface area contributed by atoms with E-state index in [1.165, 1.54) is 5.39 Å². The maximum Gasteiger partial charge on any atom is 0.242 e. The Morgan fingerprint density at radius 1 is 1.17 bits per heavy atom. The largest absolute Gasteiger partial charge is 0.339 e. The molecule has 0 aliphatic carbocycles. The molecule has 94 valence electrons. The van der Waals surface area contributed by atoms with Gasteiger partial charge in [0, 0.05) is 36.3 Å². The Labute approximate surface area is 111 Å². The summed E-state index contributed by atoms with van der Waals surface area (Å²) in [5, 5.41) is 1.19. The van der Waals surface area contributed by atoms with E-state index in [4.69, 9.17) is 0 Å². The van der Waals surface area contributed by atoms with Gasteiger partial charge in [-0.1, -0.05) is 18.2 Å². The average molecular weight is 260 g/mol. The number of amides is 1. The fraction of sp³-hybridized carbons (Fsp3) is 0.357. The molecule has 2 aromatic rings. The van der Waals surface area contributed by atoms with Crippen LogP contribution >= 0.6 is 11.8 Å². The van der Waals surface area contributed by atoms with E-state index in [0.29, 0.717) is 6.54 Å². The Bertz CT molecular complexity index is 558. The van der Waals surface area contributed by atoms with Crippen molar-refractivity contribution < 1.29 is 4.79 Å². The van der Waals surface area contributed by atoms with Crippen LogP contribution in [0.4, 0.5) is 0 Å². The van der Waals surface area contributed by atoms with Crippen molar-refractivity contribution in [1.29, 1.82) is 0 Å². The summed E-state index contributed by atoms with van der Waals surface area (Å²) in [7, 11) is 0. The summed E-state index contributed by atoms with van der Waals surface area (Å²) in [6, 6.07) is 10.2. The normalized spacial score (nSPS) is 16.1. The molecular weight excluding hydrogens is 244 g/mol. The molecule has 4 heteroatoms. The van der Waals surface area contributed by atoms with Crippen molar-refractivity contribution in [1.82, 2.24) is 9.47 Å². The number of carbonyl (C=O) groups is 1. The van der Waals surface area contributed by atoms with E-state index in [2.05, 4.69) is 18.2 Å². The van der Waals surface area contributed by atoms with Gasteiger partial charge in [-0.3, -0.25) is 4.79 Å². The van der Waals surface area contributed by atoms with Gasteiger partial charge in [0.1, 0.15) is 6.54 Å². The number of hydrogen-bond donors (Lipinski definition) is 0. The van der Waals surface area contributed by atoms with Crippen molar-refractivity contribution in [3.8, 4) is 0 Å². The number of fused-ring (bicyclic) bond motifs is 1. The van der Waals surface area contributed by atoms with Gasteiger partial charge in [0.05, 0.1) is 0 Å². The average Bonchev–Trinajstić information content (AvgIpc) is 2.83. The van der Waals surface area contributed by atoms with E-state index in [1.807, 2.05) is 39.6 Å². The van der Waals surface area contributed by atoms with Crippen molar-refractivity contribution in [2.24, 2.45) is 0 Å². The number of rotatable bonds is 2. The zero-order chi connectivity index (χ0) is 12.4. The molecular formula is C14H16N2OS. The van der Waals surface area contributed by atoms with E-state index < -0.39 is 0 Å². The van der Waals surface area contributed by atoms with Crippen LogP contribution in [0.5, 0.6) is 0 Å². The van der Waals surface area contributed by atoms with Crippen LogP contribution in [-0.4, -0.2) is 40.0 Å². The zero-order valence-corrected chi connectivity index (χ0v) is 11.0. The van der Waals surface area contributed by atoms with Crippen LogP contribution < -0.4 is 0 Å². The van der Waals surface area contributed by atoms with Crippen molar-refractivity contribution in [2.45, 2.75) is 6.54 Å². The number of thioether (sulfide) groups is 1. The van der Waals surface area contributed by atoms with E-state index in [9.17, 15) is 4.79 Å². The molecule has 0 atom stereocenters. The fourth-order valence-electron chi connectivity index (χ4n) is 2.34. The SMILES string of the molecule is O=C(Cn1ccc2ccccc21)N1CCSCC1. The maximum atomic E-state index is 12.2. The molecule has 2 heterocycles. The molecule has 1 aliphatic rings. The van der Waals surface area contributed by atoms with Crippen molar-refractivity contribution in [2.75, 3.05) is 24.6 Å². The number of carbonyl (C=O) groups excluding carboxylic acids is 1. The second-order valence-corrected chi connectivity index (χ2v) is 5.72. The van der Waals surface area contributed by atoms with E-state index in [1.54, 1.807) is 0 Å². The van der Waals surface area contributed by atoms with Crippen LogP contribution in [0, 0.1) is 0 Å². The molecule has 0 spiro atoms. The van der Waals surface area contributed by atoms with E-state index in [0.717, 1.165) is 30.1 Å². The summed E-state index contributed by atoms with van der Waals surface area (Å²) in [6.07, 6.45) is 2.00. The highest BCUT2D eigenvalue weighted by Crippen LogP contribution is 2.16. The second kappa shape index (κ2) is 5.06. The number of para-hydroxylation sites is 1. The van der Waals surface area contributed by atoms with Crippen LogP contribution in [0.3, 0.4) is 0 Å². The summed E-state index contributed by atoms with van der Waals surface area (Å²) < 4.78 is 2.04. The molecule has 0 radical (unpaired) electrons. The van der Waals surface area contributed by atoms with Gasteiger partial charge in [-0.25, -0.2) is 0 Å². The second-order valence-electron chi connectivity index (χ2n) is 4.50. The third-order valence-corrected chi connectivity index (χ3v) is 4.29. The van der Waals surface area contributed by atoms with Gasteiger partial charge in [0.15, 0.2) is 0 Å². The topological polar surface area (TPSA) is 25.2 Å². The minimum Gasteiger partial charge on any atom is -0.339 e. The van der Waals surface area contributed by atoms with Gasteiger partial charge < -0.3 is 9.47 Å². The first-order valence-corrected chi connectivity index (χ1v) is 7.39. The molecule has 0 saturated carbocycles. The number of benzene rings is 1. The summed E-state index contributed by atoms with van der Waals surface area (Å²) in [5.74, 6) is 2.37. The Balaban J connectivity index is 1.77. The van der Waals surface area contributed by atoms with Gasteiger partial charge in [-0.2, -0.15) is 11.8 Å². The lowest BCUT2D eigenvalue weighted by molar-refractivity contribution is -0.131. The van der Waals surface area contributed by atoms with Gasteiger partial charge in [0.25, 0.3) is 0 Å². The third kappa shape index (κ3) is 2.25. The summed E-state index contributed by atoms with van der Waals surface area (Å²) in [5.41, 5.74) is 1.14. The first kappa shape index (κ1) is 11.7. The first-order valence-electron chi connectivity index (χ1n) is 6.24. The van der Waals surface area contributed by atoms with Crippen LogP contribution in [-0.2, 0) is 11.3 Å². The number of aromatic nitrogens is 1. The molecule has 3 rings (SSSR count). The first-order chi connectivity index (χ1) is 8.84. The number of nitrogens with zero attached hydrogens (tertiary/aromatic N) is 2. The summed E-state index contributed by atoms with van der Waals surface area (Å²) >= 11 is 1.93. The molecule has 0 N–H and O–H groups in total. The Kier molecular flexibility index (Phi) is 3.28. The van der Waals surface area contributed by atoms with Gasteiger partial charge >= 0.3 is 0 Å². The van der Waals surface area contributed by atoms with Gasteiger partial charge in [-0.05, 0) is 17.5 Å². The lowest BCUT2D eigenvalue weighted by atomic mass is 10.2. The molecule has 0 unspecified atom stereocenters. The molecule has 1 aliphatic heterocycles. The third-order valence-electron chi connectivity index (χ3n) is 3.35. The van der Waals surface area contributed by atoms with Gasteiger partial charge in [0.2, 0.25) is 5.91 Å². The molecule has 1 fully saturated rings. The minimum atomic E-state index is 0.233. The van der Waals surface area contributed by atoms with Crippen molar-refractivity contribution in [3.63, 3.8) is 0 Å². The van der Waals surface area contributed by atoms with E-state index in [-0.39, 0.29) is 5.91 Å². The standard InChI is InChI=1S/C14H16N2OS/c17-14(15-7-9-18-10-8-15)11-16-6-5-12-3-1-2-4-13(12)16/h1-6H,7-11H2. The van der Waals surface area contributed by atoms with Crippen LogP contribution in [0.1, 0.15) is 0 Å². The van der Waals surface area contributed by atoms with Crippen LogP contribution in [0.2, 0.25) is 0 Å². The van der Waals surface area contributed by atoms with Crippen molar-refractivity contribution in [3.05, 3.63) is 36.5 Å². The quantitative estimate of drug-likeness (QED) is 0.827.